The normalized spacial score (nSPS) is 12.2. The number of rotatable bonds is 12. The Morgan fingerprint density at radius 2 is 1.54 bits per heavy atom. The minimum absolute atomic E-state index is 0.0735. The molecule has 39 heavy (non-hydrogen) atoms. The Hall–Kier alpha value is -3.36. The molecule has 0 fully saturated rings. The lowest BCUT2D eigenvalue weighted by atomic mass is 10.1. The quantitative estimate of drug-likeness (QED) is 0.315. The number of sulfonamides is 1. The molecule has 1 N–H and O–H groups in total. The molecule has 0 aliphatic heterocycles. The molecule has 0 heterocycles. The van der Waals surface area contributed by atoms with Gasteiger partial charge in [-0.2, -0.15) is 0 Å². The van der Waals surface area contributed by atoms with Crippen molar-refractivity contribution in [1.82, 2.24) is 10.2 Å². The minimum Gasteiger partial charge on any atom is -0.354 e. The largest absolute Gasteiger partial charge is 0.354 e. The zero-order chi connectivity index (χ0) is 28.6. The molecule has 2 amide bonds. The fourth-order valence-electron chi connectivity index (χ4n) is 4.09. The molecule has 9 heteroatoms. The number of nitrogens with zero attached hydrogens (tertiary/aromatic N) is 2. The van der Waals surface area contributed by atoms with Crippen LogP contribution in [0.4, 0.5) is 5.69 Å². The Morgan fingerprint density at radius 1 is 0.923 bits per heavy atom. The van der Waals surface area contributed by atoms with Gasteiger partial charge in [0.2, 0.25) is 11.8 Å². The number of halogens is 1. The van der Waals surface area contributed by atoms with Crippen molar-refractivity contribution < 1.29 is 18.0 Å². The van der Waals surface area contributed by atoms with Crippen molar-refractivity contribution in [3.05, 3.63) is 95.0 Å². The van der Waals surface area contributed by atoms with Gasteiger partial charge < -0.3 is 10.2 Å². The van der Waals surface area contributed by atoms with Crippen LogP contribution in [-0.2, 0) is 26.2 Å². The van der Waals surface area contributed by atoms with E-state index in [9.17, 15) is 18.0 Å². The zero-order valence-corrected chi connectivity index (χ0v) is 24.4. The first kappa shape index (κ1) is 30.2. The molecule has 3 aromatic carbocycles. The van der Waals surface area contributed by atoms with Crippen LogP contribution in [0.1, 0.15) is 38.3 Å². The van der Waals surface area contributed by atoms with Crippen LogP contribution in [0.15, 0.2) is 83.8 Å². The number of carbonyl (C=O) groups excluding carboxylic acids is 2. The number of nitrogens with one attached hydrogen (secondary N) is 1. The van der Waals surface area contributed by atoms with E-state index in [0.29, 0.717) is 23.7 Å². The number of carbonyl (C=O) groups is 2. The Kier molecular flexibility index (Phi) is 10.5. The first-order valence-corrected chi connectivity index (χ1v) is 14.8. The van der Waals surface area contributed by atoms with Gasteiger partial charge in [0, 0.05) is 18.1 Å². The van der Waals surface area contributed by atoms with Gasteiger partial charge in [0.25, 0.3) is 10.0 Å². The Balaban J connectivity index is 2.02. The lowest BCUT2D eigenvalue weighted by molar-refractivity contribution is -0.140. The molecule has 0 saturated heterocycles. The van der Waals surface area contributed by atoms with E-state index in [0.717, 1.165) is 15.4 Å². The first-order chi connectivity index (χ1) is 18.5. The fourth-order valence-corrected chi connectivity index (χ4v) is 5.65. The van der Waals surface area contributed by atoms with E-state index in [1.165, 1.54) is 17.0 Å². The summed E-state index contributed by atoms with van der Waals surface area (Å²) in [6.45, 7) is 7.84. The number of aryl methyl sites for hydroxylation is 1. The van der Waals surface area contributed by atoms with Crippen LogP contribution in [0.25, 0.3) is 0 Å². The van der Waals surface area contributed by atoms with Gasteiger partial charge in [-0.3, -0.25) is 13.9 Å². The number of benzene rings is 3. The Labute approximate surface area is 236 Å². The number of amides is 2. The molecule has 0 spiro atoms. The lowest BCUT2D eigenvalue weighted by Crippen LogP contribution is -2.52. The van der Waals surface area contributed by atoms with E-state index >= 15 is 0 Å². The maximum absolute atomic E-state index is 14.0. The molecule has 0 aromatic heterocycles. The van der Waals surface area contributed by atoms with E-state index < -0.39 is 28.5 Å². The second-order valence-corrected chi connectivity index (χ2v) is 12.2. The summed E-state index contributed by atoms with van der Waals surface area (Å²) >= 11 is 6.06. The topological polar surface area (TPSA) is 86.8 Å². The molecule has 3 rings (SSSR count). The fraction of sp³-hybridized carbons (Fsp3) is 0.333. The highest BCUT2D eigenvalue weighted by atomic mass is 35.5. The molecule has 0 saturated carbocycles. The summed E-state index contributed by atoms with van der Waals surface area (Å²) in [7, 11) is -4.08. The van der Waals surface area contributed by atoms with Crippen molar-refractivity contribution in [2.75, 3.05) is 17.4 Å². The number of hydrogen-bond donors (Lipinski definition) is 1. The van der Waals surface area contributed by atoms with Crippen molar-refractivity contribution in [3.8, 4) is 0 Å². The highest BCUT2D eigenvalue weighted by Gasteiger charge is 2.33. The molecular weight excluding hydrogens is 534 g/mol. The first-order valence-electron chi connectivity index (χ1n) is 13.0. The van der Waals surface area contributed by atoms with E-state index in [2.05, 4.69) is 5.32 Å². The van der Waals surface area contributed by atoms with Gasteiger partial charge in [-0.05, 0) is 61.2 Å². The molecule has 0 aliphatic rings. The van der Waals surface area contributed by atoms with E-state index in [4.69, 9.17) is 11.6 Å². The van der Waals surface area contributed by atoms with Gasteiger partial charge in [-0.25, -0.2) is 8.42 Å². The summed E-state index contributed by atoms with van der Waals surface area (Å²) in [5.41, 5.74) is 2.09. The monoisotopic (exact) mass is 569 g/mol. The lowest BCUT2D eigenvalue weighted by Gasteiger charge is -2.33. The molecule has 208 valence electrons. The smallest absolute Gasteiger partial charge is 0.264 e. The van der Waals surface area contributed by atoms with Crippen LogP contribution in [0.5, 0.6) is 0 Å². The summed E-state index contributed by atoms with van der Waals surface area (Å²) in [6, 6.07) is 21.2. The number of hydrogen-bond acceptors (Lipinski definition) is 4. The Morgan fingerprint density at radius 3 is 2.10 bits per heavy atom. The van der Waals surface area contributed by atoms with E-state index in [-0.39, 0.29) is 23.3 Å². The van der Waals surface area contributed by atoms with E-state index in [1.807, 2.05) is 27.7 Å². The SMILES string of the molecule is CC[C@@H](C(=O)NCC(C)C)N(Cc1ccc(Cl)cc1)C(=O)CN(c1ccc(C)cc1)S(=O)(=O)c1ccccc1. The van der Waals surface area contributed by atoms with Crippen molar-refractivity contribution in [2.45, 2.75) is 51.6 Å². The van der Waals surface area contributed by atoms with Crippen LogP contribution < -0.4 is 9.62 Å². The summed E-state index contributed by atoms with van der Waals surface area (Å²) < 4.78 is 28.7. The molecule has 0 bridgehead atoms. The van der Waals surface area contributed by atoms with Crippen LogP contribution in [0.2, 0.25) is 5.02 Å². The van der Waals surface area contributed by atoms with Crippen molar-refractivity contribution in [3.63, 3.8) is 0 Å². The van der Waals surface area contributed by atoms with Crippen molar-refractivity contribution in [1.29, 1.82) is 0 Å². The van der Waals surface area contributed by atoms with Gasteiger partial charge in [-0.1, -0.05) is 80.4 Å². The van der Waals surface area contributed by atoms with Crippen molar-refractivity contribution in [2.24, 2.45) is 5.92 Å². The van der Waals surface area contributed by atoms with E-state index in [1.54, 1.807) is 66.7 Å². The van der Waals surface area contributed by atoms with Crippen LogP contribution in [0.3, 0.4) is 0 Å². The van der Waals surface area contributed by atoms with Crippen molar-refractivity contribution >= 4 is 39.1 Å². The molecular formula is C30H36ClN3O4S. The highest BCUT2D eigenvalue weighted by Crippen LogP contribution is 2.25. The van der Waals surface area contributed by atoms with Gasteiger partial charge in [0.15, 0.2) is 0 Å². The second kappa shape index (κ2) is 13.6. The van der Waals surface area contributed by atoms with Gasteiger partial charge >= 0.3 is 0 Å². The van der Waals surface area contributed by atoms with Crippen LogP contribution in [0, 0.1) is 12.8 Å². The maximum atomic E-state index is 14.0. The van der Waals surface area contributed by atoms with Gasteiger partial charge in [0.1, 0.15) is 12.6 Å². The van der Waals surface area contributed by atoms with Crippen LogP contribution >= 0.6 is 11.6 Å². The Bertz CT molecular complexity index is 1350. The second-order valence-electron chi connectivity index (χ2n) is 9.87. The minimum atomic E-state index is -4.08. The predicted octanol–water partition coefficient (Wildman–Crippen LogP) is 5.42. The molecule has 0 aliphatic carbocycles. The standard InChI is InChI=1S/C30H36ClN3O4S/c1-5-28(30(36)32-19-22(2)3)33(20-24-13-15-25(31)16-14-24)29(35)21-34(26-17-11-23(4)12-18-26)39(37,38)27-9-7-6-8-10-27/h6-18,22,28H,5,19-21H2,1-4H3,(H,32,36)/t28-/m0/s1. The summed E-state index contributed by atoms with van der Waals surface area (Å²) in [5.74, 6) is -0.530. The molecule has 0 unspecified atom stereocenters. The highest BCUT2D eigenvalue weighted by molar-refractivity contribution is 7.92. The van der Waals surface area contributed by atoms with Crippen LogP contribution in [-0.4, -0.2) is 44.3 Å². The third-order valence-corrected chi connectivity index (χ3v) is 8.31. The molecule has 3 aromatic rings. The zero-order valence-electron chi connectivity index (χ0n) is 22.8. The summed E-state index contributed by atoms with van der Waals surface area (Å²) in [6.07, 6.45) is 0.360. The third-order valence-electron chi connectivity index (χ3n) is 6.27. The average Bonchev–Trinajstić information content (AvgIpc) is 2.92. The predicted molar refractivity (Wildman–Crippen MR) is 156 cm³/mol. The third kappa shape index (κ3) is 8.07. The summed E-state index contributed by atoms with van der Waals surface area (Å²) in [5, 5.41) is 3.48. The number of anilines is 1. The summed E-state index contributed by atoms with van der Waals surface area (Å²) in [4.78, 5) is 28.8. The van der Waals surface area contributed by atoms with Gasteiger partial charge in [-0.15, -0.1) is 0 Å². The molecule has 0 radical (unpaired) electrons. The average molecular weight is 570 g/mol. The van der Waals surface area contributed by atoms with Gasteiger partial charge in [0.05, 0.1) is 10.6 Å². The molecule has 7 nitrogen and oxygen atoms in total. The maximum Gasteiger partial charge on any atom is 0.264 e. The molecule has 1 atom stereocenters.